The number of carbonyl (C=O) groups excluding carboxylic acids is 1. The Labute approximate surface area is 109 Å². The molecule has 0 saturated carbocycles. The number of hydrogen-bond acceptors (Lipinski definition) is 3. The third-order valence-electron chi connectivity index (χ3n) is 2.67. The predicted molar refractivity (Wildman–Crippen MR) is 65.9 cm³/mol. The van der Waals surface area contributed by atoms with Crippen LogP contribution in [0, 0.1) is 13.8 Å². The van der Waals surface area contributed by atoms with Gasteiger partial charge in [0, 0.05) is 12.1 Å². The van der Waals surface area contributed by atoms with Crippen molar-refractivity contribution in [3.63, 3.8) is 0 Å². The summed E-state index contributed by atoms with van der Waals surface area (Å²) >= 11 is 0. The molecule has 0 unspecified atom stereocenters. The van der Waals surface area contributed by atoms with Crippen LogP contribution in [0.15, 0.2) is 12.1 Å². The minimum Gasteiger partial charge on any atom is -0.462 e. The lowest BCUT2D eigenvalue weighted by Crippen LogP contribution is -2.12. The SMILES string of the molecule is Cc1cc(C)c(C(=O)OCCCC(F)(F)F)cc1N. The molecule has 1 aromatic carbocycles. The van der Waals surface area contributed by atoms with Gasteiger partial charge in [-0.05, 0) is 37.5 Å². The van der Waals surface area contributed by atoms with Gasteiger partial charge >= 0.3 is 12.1 Å². The molecular weight excluding hydrogens is 259 g/mol. The number of rotatable bonds is 4. The van der Waals surface area contributed by atoms with Gasteiger partial charge < -0.3 is 10.5 Å². The fourth-order valence-electron chi connectivity index (χ4n) is 1.60. The average Bonchev–Trinajstić information content (AvgIpc) is 2.28. The Bertz CT molecular complexity index is 470. The topological polar surface area (TPSA) is 52.3 Å². The number of aryl methyl sites for hydroxylation is 2. The van der Waals surface area contributed by atoms with Crippen molar-refractivity contribution in [2.45, 2.75) is 32.9 Å². The largest absolute Gasteiger partial charge is 0.462 e. The molecule has 0 fully saturated rings. The van der Waals surface area contributed by atoms with Crippen molar-refractivity contribution in [3.05, 3.63) is 28.8 Å². The smallest absolute Gasteiger partial charge is 0.389 e. The van der Waals surface area contributed by atoms with Crippen molar-refractivity contribution in [1.29, 1.82) is 0 Å². The Morgan fingerprint density at radius 1 is 1.26 bits per heavy atom. The third kappa shape index (κ3) is 4.81. The molecule has 0 aliphatic heterocycles. The Hall–Kier alpha value is -1.72. The number of nitrogen functional groups attached to an aromatic ring is 1. The summed E-state index contributed by atoms with van der Waals surface area (Å²) in [5.74, 6) is -0.647. The summed E-state index contributed by atoms with van der Waals surface area (Å²) in [6, 6.07) is 3.22. The van der Waals surface area contributed by atoms with Crippen LogP contribution in [0.1, 0.15) is 34.3 Å². The molecule has 0 bridgehead atoms. The van der Waals surface area contributed by atoms with Gasteiger partial charge in [0.05, 0.1) is 12.2 Å². The van der Waals surface area contributed by atoms with Gasteiger partial charge in [0.25, 0.3) is 0 Å². The van der Waals surface area contributed by atoms with E-state index in [0.29, 0.717) is 11.3 Å². The molecule has 0 heterocycles. The zero-order chi connectivity index (χ0) is 14.6. The lowest BCUT2D eigenvalue weighted by atomic mass is 10.0. The van der Waals surface area contributed by atoms with Crippen LogP contribution in [-0.4, -0.2) is 18.8 Å². The van der Waals surface area contributed by atoms with E-state index < -0.39 is 18.6 Å². The van der Waals surface area contributed by atoms with E-state index in [0.717, 1.165) is 5.56 Å². The van der Waals surface area contributed by atoms with Crippen LogP contribution in [0.4, 0.5) is 18.9 Å². The van der Waals surface area contributed by atoms with E-state index in [1.165, 1.54) is 6.07 Å². The van der Waals surface area contributed by atoms with E-state index in [1.807, 2.05) is 0 Å². The number of alkyl halides is 3. The molecule has 0 saturated heterocycles. The number of anilines is 1. The zero-order valence-corrected chi connectivity index (χ0v) is 10.8. The maximum absolute atomic E-state index is 11.9. The quantitative estimate of drug-likeness (QED) is 0.520. The summed E-state index contributed by atoms with van der Waals surface area (Å²) in [7, 11) is 0. The third-order valence-corrected chi connectivity index (χ3v) is 2.67. The van der Waals surface area contributed by atoms with Crippen LogP contribution < -0.4 is 5.73 Å². The van der Waals surface area contributed by atoms with E-state index >= 15 is 0 Å². The standard InChI is InChI=1S/C13H16F3NO2/c1-8-6-9(2)11(17)7-10(8)12(18)19-5-3-4-13(14,15)16/h6-7H,3-5,17H2,1-2H3. The van der Waals surface area contributed by atoms with Crippen molar-refractivity contribution in [2.75, 3.05) is 12.3 Å². The van der Waals surface area contributed by atoms with Crippen LogP contribution in [-0.2, 0) is 4.74 Å². The first-order valence-electron chi connectivity index (χ1n) is 5.81. The summed E-state index contributed by atoms with van der Waals surface area (Å²) in [4.78, 5) is 11.7. The number of ether oxygens (including phenoxy) is 1. The molecule has 0 aliphatic rings. The molecule has 1 aromatic rings. The monoisotopic (exact) mass is 275 g/mol. The fourth-order valence-corrected chi connectivity index (χ4v) is 1.60. The highest BCUT2D eigenvalue weighted by Gasteiger charge is 2.26. The van der Waals surface area contributed by atoms with Gasteiger partial charge in [-0.3, -0.25) is 0 Å². The Morgan fingerprint density at radius 3 is 2.47 bits per heavy atom. The van der Waals surface area contributed by atoms with E-state index in [9.17, 15) is 18.0 Å². The van der Waals surface area contributed by atoms with Gasteiger partial charge in [-0.25, -0.2) is 4.79 Å². The lowest BCUT2D eigenvalue weighted by molar-refractivity contribution is -0.137. The maximum Gasteiger partial charge on any atom is 0.389 e. The Kier molecular flexibility index (Phi) is 4.80. The zero-order valence-electron chi connectivity index (χ0n) is 10.8. The van der Waals surface area contributed by atoms with E-state index in [1.54, 1.807) is 19.9 Å². The number of esters is 1. The van der Waals surface area contributed by atoms with Gasteiger partial charge in [-0.1, -0.05) is 6.07 Å². The lowest BCUT2D eigenvalue weighted by Gasteiger charge is -2.10. The molecular formula is C13H16F3NO2. The van der Waals surface area contributed by atoms with E-state index in [2.05, 4.69) is 0 Å². The molecule has 0 aromatic heterocycles. The van der Waals surface area contributed by atoms with Crippen LogP contribution in [0.5, 0.6) is 0 Å². The molecule has 19 heavy (non-hydrogen) atoms. The molecule has 106 valence electrons. The molecule has 2 N–H and O–H groups in total. The summed E-state index contributed by atoms with van der Waals surface area (Å²) in [5.41, 5.74) is 7.95. The molecule has 0 radical (unpaired) electrons. The minimum absolute atomic E-state index is 0.240. The molecule has 0 atom stereocenters. The first-order valence-corrected chi connectivity index (χ1v) is 5.81. The molecule has 1 rings (SSSR count). The molecule has 0 amide bonds. The van der Waals surface area contributed by atoms with Crippen LogP contribution in [0.25, 0.3) is 0 Å². The predicted octanol–water partition coefficient (Wildman–Crippen LogP) is 3.38. The minimum atomic E-state index is -4.23. The van der Waals surface area contributed by atoms with Crippen LogP contribution in [0.2, 0.25) is 0 Å². The van der Waals surface area contributed by atoms with Gasteiger partial charge in [-0.15, -0.1) is 0 Å². The van der Waals surface area contributed by atoms with Crippen molar-refractivity contribution < 1.29 is 22.7 Å². The molecule has 6 heteroatoms. The highest BCUT2D eigenvalue weighted by molar-refractivity contribution is 5.92. The van der Waals surface area contributed by atoms with Crippen molar-refractivity contribution in [1.82, 2.24) is 0 Å². The van der Waals surface area contributed by atoms with E-state index in [-0.39, 0.29) is 18.6 Å². The Balaban J connectivity index is 2.57. The highest BCUT2D eigenvalue weighted by Crippen LogP contribution is 2.22. The molecule has 0 spiro atoms. The number of carbonyl (C=O) groups is 1. The number of benzene rings is 1. The molecule has 3 nitrogen and oxygen atoms in total. The van der Waals surface area contributed by atoms with Crippen molar-refractivity contribution in [3.8, 4) is 0 Å². The van der Waals surface area contributed by atoms with Gasteiger partial charge in [0.1, 0.15) is 0 Å². The summed E-state index contributed by atoms with van der Waals surface area (Å²) < 4.78 is 40.5. The fraction of sp³-hybridized carbons (Fsp3) is 0.462. The normalized spacial score (nSPS) is 11.4. The summed E-state index contributed by atoms with van der Waals surface area (Å²) in [6.07, 6.45) is -5.43. The number of hydrogen-bond donors (Lipinski definition) is 1. The van der Waals surface area contributed by atoms with Gasteiger partial charge in [0.15, 0.2) is 0 Å². The second-order valence-corrected chi connectivity index (χ2v) is 4.38. The van der Waals surface area contributed by atoms with Crippen molar-refractivity contribution in [2.24, 2.45) is 0 Å². The maximum atomic E-state index is 11.9. The van der Waals surface area contributed by atoms with Crippen LogP contribution in [0.3, 0.4) is 0 Å². The second kappa shape index (κ2) is 5.95. The first kappa shape index (κ1) is 15.3. The summed E-state index contributed by atoms with van der Waals surface area (Å²) in [5, 5.41) is 0. The second-order valence-electron chi connectivity index (χ2n) is 4.38. The van der Waals surface area contributed by atoms with Gasteiger partial charge in [-0.2, -0.15) is 13.2 Å². The van der Waals surface area contributed by atoms with Crippen LogP contribution >= 0.6 is 0 Å². The average molecular weight is 275 g/mol. The molecule has 0 aliphatic carbocycles. The number of halogens is 3. The first-order chi connectivity index (χ1) is 8.70. The van der Waals surface area contributed by atoms with Crippen molar-refractivity contribution >= 4 is 11.7 Å². The summed E-state index contributed by atoms with van der Waals surface area (Å²) in [6.45, 7) is 3.27. The van der Waals surface area contributed by atoms with E-state index in [4.69, 9.17) is 10.5 Å². The number of nitrogens with two attached hydrogens (primary N) is 1. The Morgan fingerprint density at radius 2 is 1.89 bits per heavy atom. The highest BCUT2D eigenvalue weighted by atomic mass is 19.4. The van der Waals surface area contributed by atoms with Gasteiger partial charge in [0.2, 0.25) is 0 Å².